The normalized spacial score (nSPS) is 21.0. The van der Waals surface area contributed by atoms with Gasteiger partial charge in [0.15, 0.2) is 5.96 Å². The van der Waals surface area contributed by atoms with Gasteiger partial charge in [0.25, 0.3) is 0 Å². The maximum Gasteiger partial charge on any atom is 0.194 e. The molecule has 2 saturated heterocycles. The number of anilines is 1. The number of hydrogen-bond donors (Lipinski definition) is 2. The molecule has 2 aliphatic heterocycles. The summed E-state index contributed by atoms with van der Waals surface area (Å²) in [6, 6.07) is 8.00. The number of halogens is 1. The monoisotopic (exact) mass is 380 g/mol. The summed E-state index contributed by atoms with van der Waals surface area (Å²) in [5, 5.41) is 14.8. The van der Waals surface area contributed by atoms with Gasteiger partial charge in [-0.1, -0.05) is 17.7 Å². The fourth-order valence-corrected chi connectivity index (χ4v) is 3.59. The fourth-order valence-electron chi connectivity index (χ4n) is 3.41. The summed E-state index contributed by atoms with van der Waals surface area (Å²) in [6.07, 6.45) is 1.30. The smallest absolute Gasteiger partial charge is 0.194 e. The van der Waals surface area contributed by atoms with Crippen LogP contribution in [0.15, 0.2) is 29.3 Å². The summed E-state index contributed by atoms with van der Waals surface area (Å²) in [4.78, 5) is 9.35. The van der Waals surface area contributed by atoms with Gasteiger partial charge in [-0.3, -0.25) is 4.99 Å². The van der Waals surface area contributed by atoms with Gasteiger partial charge in [0, 0.05) is 69.5 Å². The van der Waals surface area contributed by atoms with Gasteiger partial charge in [-0.05, 0) is 25.1 Å². The summed E-state index contributed by atoms with van der Waals surface area (Å²) in [5.74, 6) is 0.887. The van der Waals surface area contributed by atoms with Crippen LogP contribution in [0, 0.1) is 0 Å². The largest absolute Gasteiger partial charge is 0.388 e. The Labute approximate surface area is 160 Å². The van der Waals surface area contributed by atoms with Gasteiger partial charge in [-0.15, -0.1) is 0 Å². The van der Waals surface area contributed by atoms with E-state index in [2.05, 4.69) is 28.1 Å². The van der Waals surface area contributed by atoms with Crippen molar-refractivity contribution in [2.24, 2.45) is 4.99 Å². The molecule has 26 heavy (non-hydrogen) atoms. The lowest BCUT2D eigenvalue weighted by Gasteiger charge is -2.38. The third kappa shape index (κ3) is 5.02. The fraction of sp³-hybridized carbons (Fsp3) is 0.632. The molecule has 0 aromatic heterocycles. The van der Waals surface area contributed by atoms with E-state index in [0.29, 0.717) is 32.6 Å². The Morgan fingerprint density at radius 3 is 2.65 bits per heavy atom. The van der Waals surface area contributed by atoms with Crippen LogP contribution in [0.2, 0.25) is 5.02 Å². The van der Waals surface area contributed by atoms with Crippen LogP contribution in [0.1, 0.15) is 19.8 Å². The van der Waals surface area contributed by atoms with Crippen LogP contribution in [-0.2, 0) is 4.74 Å². The van der Waals surface area contributed by atoms with E-state index in [1.54, 1.807) is 0 Å². The highest BCUT2D eigenvalue weighted by atomic mass is 35.5. The van der Waals surface area contributed by atoms with Crippen molar-refractivity contribution in [3.8, 4) is 0 Å². The van der Waals surface area contributed by atoms with Gasteiger partial charge in [-0.25, -0.2) is 0 Å². The summed E-state index contributed by atoms with van der Waals surface area (Å²) in [5.41, 5.74) is 0.428. The quantitative estimate of drug-likeness (QED) is 0.617. The first-order valence-corrected chi connectivity index (χ1v) is 9.81. The lowest BCUT2D eigenvalue weighted by Crippen LogP contribution is -2.53. The molecule has 3 rings (SSSR count). The van der Waals surface area contributed by atoms with E-state index in [0.717, 1.165) is 49.4 Å². The van der Waals surface area contributed by atoms with Crippen LogP contribution >= 0.6 is 11.6 Å². The second-order valence-electron chi connectivity index (χ2n) is 6.96. The third-order valence-electron chi connectivity index (χ3n) is 5.03. The van der Waals surface area contributed by atoms with Gasteiger partial charge >= 0.3 is 0 Å². The van der Waals surface area contributed by atoms with Crippen molar-refractivity contribution in [3.05, 3.63) is 29.3 Å². The number of piperazine rings is 1. The molecule has 0 spiro atoms. The molecule has 2 fully saturated rings. The molecule has 0 amide bonds. The molecule has 2 aliphatic rings. The van der Waals surface area contributed by atoms with E-state index in [1.165, 1.54) is 0 Å². The highest BCUT2D eigenvalue weighted by Gasteiger charge is 2.30. The van der Waals surface area contributed by atoms with Crippen molar-refractivity contribution in [1.82, 2.24) is 10.2 Å². The summed E-state index contributed by atoms with van der Waals surface area (Å²) in [6.45, 7) is 8.15. The standard InChI is InChI=1S/C19H29ClN4O2/c1-2-21-18(22-15-19(25)6-12-26-13-7-19)24-10-8-23(9-11-24)17-5-3-4-16(20)14-17/h3-5,14,25H,2,6-13,15H2,1H3,(H,21,22). The molecule has 6 nitrogen and oxygen atoms in total. The Morgan fingerprint density at radius 2 is 2.00 bits per heavy atom. The summed E-state index contributed by atoms with van der Waals surface area (Å²) >= 11 is 6.11. The first-order valence-electron chi connectivity index (χ1n) is 9.43. The number of nitrogens with one attached hydrogen (secondary N) is 1. The number of nitrogens with zero attached hydrogens (tertiary/aromatic N) is 3. The minimum atomic E-state index is -0.735. The number of benzene rings is 1. The lowest BCUT2D eigenvalue weighted by atomic mass is 9.95. The van der Waals surface area contributed by atoms with Crippen LogP contribution < -0.4 is 10.2 Å². The van der Waals surface area contributed by atoms with Crippen LogP contribution in [0.25, 0.3) is 0 Å². The van der Waals surface area contributed by atoms with E-state index in [-0.39, 0.29) is 0 Å². The zero-order valence-electron chi connectivity index (χ0n) is 15.5. The average Bonchev–Trinajstić information content (AvgIpc) is 2.66. The zero-order valence-corrected chi connectivity index (χ0v) is 16.2. The maximum absolute atomic E-state index is 10.6. The van der Waals surface area contributed by atoms with Crippen molar-refractivity contribution >= 4 is 23.2 Å². The molecule has 0 saturated carbocycles. The first-order chi connectivity index (χ1) is 12.6. The minimum Gasteiger partial charge on any atom is -0.388 e. The molecule has 144 valence electrons. The van der Waals surface area contributed by atoms with Crippen molar-refractivity contribution < 1.29 is 9.84 Å². The van der Waals surface area contributed by atoms with E-state index in [9.17, 15) is 5.11 Å². The Hall–Kier alpha value is -1.50. The van der Waals surface area contributed by atoms with Crippen LogP contribution in [0.5, 0.6) is 0 Å². The highest BCUT2D eigenvalue weighted by molar-refractivity contribution is 6.30. The van der Waals surface area contributed by atoms with Gasteiger partial charge in [0.2, 0.25) is 0 Å². The van der Waals surface area contributed by atoms with Gasteiger partial charge in [0.1, 0.15) is 0 Å². The zero-order chi connectivity index (χ0) is 18.4. The molecule has 0 atom stereocenters. The second kappa shape index (κ2) is 8.93. The molecule has 0 unspecified atom stereocenters. The molecule has 1 aromatic carbocycles. The predicted molar refractivity (Wildman–Crippen MR) is 106 cm³/mol. The van der Waals surface area contributed by atoms with E-state index in [4.69, 9.17) is 21.3 Å². The molecular weight excluding hydrogens is 352 g/mol. The first kappa shape index (κ1) is 19.3. The molecule has 1 aromatic rings. The second-order valence-corrected chi connectivity index (χ2v) is 7.40. The molecule has 0 aliphatic carbocycles. The number of aliphatic imine (C=N–C) groups is 1. The van der Waals surface area contributed by atoms with Gasteiger partial charge < -0.3 is 25.0 Å². The molecular formula is C19H29ClN4O2. The van der Waals surface area contributed by atoms with Crippen LogP contribution in [-0.4, -0.2) is 74.0 Å². The van der Waals surface area contributed by atoms with Crippen molar-refractivity contribution in [2.45, 2.75) is 25.4 Å². The Morgan fingerprint density at radius 1 is 1.27 bits per heavy atom. The number of rotatable bonds is 4. The molecule has 7 heteroatoms. The maximum atomic E-state index is 10.6. The molecule has 2 heterocycles. The SMILES string of the molecule is CCNC(=NCC1(O)CCOCC1)N1CCN(c2cccc(Cl)c2)CC1. The number of ether oxygens (including phenoxy) is 1. The van der Waals surface area contributed by atoms with Crippen molar-refractivity contribution in [3.63, 3.8) is 0 Å². The third-order valence-corrected chi connectivity index (χ3v) is 5.27. The number of aliphatic hydroxyl groups is 1. The van der Waals surface area contributed by atoms with E-state index >= 15 is 0 Å². The highest BCUT2D eigenvalue weighted by Crippen LogP contribution is 2.22. The Bertz CT molecular complexity index is 611. The summed E-state index contributed by atoms with van der Waals surface area (Å²) < 4.78 is 5.35. The van der Waals surface area contributed by atoms with E-state index < -0.39 is 5.60 Å². The van der Waals surface area contributed by atoms with Gasteiger partial charge in [0.05, 0.1) is 12.1 Å². The van der Waals surface area contributed by atoms with E-state index in [1.807, 2.05) is 18.2 Å². The Kier molecular flexibility index (Phi) is 6.62. The Balaban J connectivity index is 1.60. The molecule has 0 bridgehead atoms. The van der Waals surface area contributed by atoms with Gasteiger partial charge in [-0.2, -0.15) is 0 Å². The van der Waals surface area contributed by atoms with Crippen molar-refractivity contribution in [1.29, 1.82) is 0 Å². The molecule has 2 N–H and O–H groups in total. The number of hydrogen-bond acceptors (Lipinski definition) is 4. The topological polar surface area (TPSA) is 60.3 Å². The lowest BCUT2D eigenvalue weighted by molar-refractivity contribution is -0.0566. The number of guanidine groups is 1. The summed E-state index contributed by atoms with van der Waals surface area (Å²) in [7, 11) is 0. The van der Waals surface area contributed by atoms with Crippen LogP contribution in [0.4, 0.5) is 5.69 Å². The van der Waals surface area contributed by atoms with Crippen molar-refractivity contribution in [2.75, 3.05) is 57.4 Å². The van der Waals surface area contributed by atoms with Crippen LogP contribution in [0.3, 0.4) is 0 Å². The predicted octanol–water partition coefficient (Wildman–Crippen LogP) is 1.97. The average molecular weight is 381 g/mol. The molecule has 0 radical (unpaired) electrons. The minimum absolute atomic E-state index is 0.424.